The van der Waals surface area contributed by atoms with E-state index in [1.54, 1.807) is 18.2 Å². The van der Waals surface area contributed by atoms with E-state index in [1.807, 2.05) is 19.9 Å². The summed E-state index contributed by atoms with van der Waals surface area (Å²) in [5, 5.41) is 2.75. The highest BCUT2D eigenvalue weighted by Gasteiger charge is 2.50. The molecule has 2 aromatic carbocycles. The van der Waals surface area contributed by atoms with Gasteiger partial charge in [-0.15, -0.1) is 0 Å². The Morgan fingerprint density at radius 1 is 1.06 bits per heavy atom. The number of nitrogens with one attached hydrogen (secondary N) is 1. The van der Waals surface area contributed by atoms with Crippen LogP contribution in [0, 0.1) is 31.6 Å². The van der Waals surface area contributed by atoms with Gasteiger partial charge in [-0.05, 0) is 80.5 Å². The number of carbonyl (C=O) groups is 4. The number of esters is 1. The summed E-state index contributed by atoms with van der Waals surface area (Å²) < 4.78 is 6.13. The van der Waals surface area contributed by atoms with E-state index < -0.39 is 18.5 Å². The van der Waals surface area contributed by atoms with E-state index in [0.717, 1.165) is 22.0 Å². The van der Waals surface area contributed by atoms with Crippen LogP contribution in [-0.4, -0.2) is 30.3 Å². The minimum atomic E-state index is -0.703. The average Bonchev–Trinajstić information content (AvgIpc) is 3.07. The molecule has 2 aromatic rings. The van der Waals surface area contributed by atoms with Gasteiger partial charge in [-0.25, -0.2) is 4.79 Å². The molecule has 0 aromatic heterocycles. The van der Waals surface area contributed by atoms with Gasteiger partial charge in [0, 0.05) is 10.2 Å². The number of rotatable bonds is 5. The number of hydrogen-bond donors (Lipinski definition) is 1. The molecule has 1 aliphatic carbocycles. The summed E-state index contributed by atoms with van der Waals surface area (Å²) in [5.74, 6) is -1.73. The molecule has 1 heterocycles. The summed E-state index contributed by atoms with van der Waals surface area (Å²) in [7, 11) is 0. The third-order valence-corrected chi connectivity index (χ3v) is 7.72. The number of nitrogens with zero attached hydrogens (tertiary/aromatic N) is 1. The zero-order valence-corrected chi connectivity index (χ0v) is 21.0. The SMILES string of the molecule is Cc1c(Br)ccc(NC(=O)COC(=O)c2cccc(N3C(=O)[C@H]4C[C@@H](C)CC[C@H]4C3=O)c2)c1C. The van der Waals surface area contributed by atoms with Crippen molar-refractivity contribution in [1.29, 1.82) is 0 Å². The van der Waals surface area contributed by atoms with Crippen molar-refractivity contribution in [3.63, 3.8) is 0 Å². The van der Waals surface area contributed by atoms with Crippen LogP contribution in [0.2, 0.25) is 0 Å². The predicted octanol–water partition coefficient (Wildman–Crippen LogP) is 4.79. The number of imide groups is 1. The Morgan fingerprint density at radius 3 is 2.56 bits per heavy atom. The number of hydrogen-bond acceptors (Lipinski definition) is 5. The van der Waals surface area contributed by atoms with Gasteiger partial charge in [0.25, 0.3) is 5.91 Å². The van der Waals surface area contributed by atoms with Crippen LogP contribution in [0.25, 0.3) is 0 Å². The standard InChI is InChI=1S/C26H27BrN2O5/c1-14-7-8-19-20(11-14)25(32)29(24(19)31)18-6-4-5-17(12-18)26(33)34-13-23(30)28-22-10-9-21(27)15(2)16(22)3/h4-6,9-10,12,14,19-20H,7-8,11,13H2,1-3H3,(H,28,30)/t14-,19+,20-/m0/s1. The Balaban J connectivity index is 1.41. The highest BCUT2D eigenvalue weighted by molar-refractivity contribution is 9.10. The third kappa shape index (κ3) is 4.64. The van der Waals surface area contributed by atoms with Crippen LogP contribution in [0.5, 0.6) is 0 Å². The number of amides is 3. The van der Waals surface area contributed by atoms with E-state index in [0.29, 0.717) is 30.1 Å². The van der Waals surface area contributed by atoms with Gasteiger partial charge < -0.3 is 10.1 Å². The lowest BCUT2D eigenvalue weighted by Crippen LogP contribution is -2.31. The summed E-state index contributed by atoms with van der Waals surface area (Å²) in [5.41, 5.74) is 3.09. The number of ether oxygens (including phenoxy) is 1. The van der Waals surface area contributed by atoms with Gasteiger partial charge in [0.05, 0.1) is 23.1 Å². The van der Waals surface area contributed by atoms with Crippen LogP contribution < -0.4 is 10.2 Å². The highest BCUT2D eigenvalue weighted by atomic mass is 79.9. The molecule has 3 atom stereocenters. The van der Waals surface area contributed by atoms with Gasteiger partial charge in [0.1, 0.15) is 0 Å². The third-order valence-electron chi connectivity index (χ3n) is 6.86. The van der Waals surface area contributed by atoms with E-state index in [9.17, 15) is 19.2 Å². The fourth-order valence-corrected chi connectivity index (χ4v) is 5.17. The molecule has 34 heavy (non-hydrogen) atoms. The molecule has 1 saturated heterocycles. The summed E-state index contributed by atoms with van der Waals surface area (Å²) in [6.07, 6.45) is 2.35. The van der Waals surface area contributed by atoms with E-state index in [1.165, 1.54) is 17.0 Å². The van der Waals surface area contributed by atoms with Crippen LogP contribution in [0.15, 0.2) is 40.9 Å². The lowest BCUT2D eigenvalue weighted by atomic mass is 9.76. The molecule has 1 aliphatic heterocycles. The lowest BCUT2D eigenvalue weighted by molar-refractivity contribution is -0.122. The van der Waals surface area contributed by atoms with Crippen LogP contribution in [0.1, 0.15) is 47.7 Å². The topological polar surface area (TPSA) is 92.8 Å². The molecule has 4 rings (SSSR count). The van der Waals surface area contributed by atoms with Crippen LogP contribution in [-0.2, 0) is 19.1 Å². The molecule has 2 aliphatic rings. The first-order valence-corrected chi connectivity index (χ1v) is 12.2. The van der Waals surface area contributed by atoms with Gasteiger partial charge in [-0.2, -0.15) is 0 Å². The average molecular weight is 527 g/mol. The molecule has 0 radical (unpaired) electrons. The number of anilines is 2. The van der Waals surface area contributed by atoms with Crippen molar-refractivity contribution in [3.05, 3.63) is 57.6 Å². The van der Waals surface area contributed by atoms with E-state index in [4.69, 9.17) is 4.74 Å². The molecule has 1 N–H and O–H groups in total. The van der Waals surface area contributed by atoms with E-state index in [2.05, 4.69) is 28.2 Å². The molecular formula is C26H27BrN2O5. The van der Waals surface area contributed by atoms with E-state index >= 15 is 0 Å². The Bertz CT molecular complexity index is 1180. The minimum Gasteiger partial charge on any atom is -0.452 e. The molecule has 178 valence electrons. The predicted molar refractivity (Wildman–Crippen MR) is 131 cm³/mol. The zero-order chi connectivity index (χ0) is 24.6. The molecular weight excluding hydrogens is 500 g/mol. The highest BCUT2D eigenvalue weighted by Crippen LogP contribution is 2.42. The number of fused-ring (bicyclic) bond motifs is 1. The molecule has 3 amide bonds. The van der Waals surface area contributed by atoms with Crippen molar-refractivity contribution in [2.24, 2.45) is 17.8 Å². The Hall–Kier alpha value is -3.00. The number of carbonyl (C=O) groups excluding carboxylic acids is 4. The molecule has 0 unspecified atom stereocenters. The quantitative estimate of drug-likeness (QED) is 0.446. The maximum Gasteiger partial charge on any atom is 0.338 e. The fourth-order valence-electron chi connectivity index (χ4n) is 4.74. The van der Waals surface area contributed by atoms with Crippen LogP contribution in [0.4, 0.5) is 11.4 Å². The number of halogens is 1. The van der Waals surface area contributed by atoms with Crippen LogP contribution in [0.3, 0.4) is 0 Å². The Kier molecular flexibility index (Phi) is 6.89. The van der Waals surface area contributed by atoms with Crippen molar-refractivity contribution in [2.45, 2.75) is 40.0 Å². The van der Waals surface area contributed by atoms with Crippen molar-refractivity contribution in [1.82, 2.24) is 0 Å². The maximum absolute atomic E-state index is 13.0. The smallest absolute Gasteiger partial charge is 0.338 e. The zero-order valence-electron chi connectivity index (χ0n) is 19.4. The van der Waals surface area contributed by atoms with Crippen molar-refractivity contribution >= 4 is 51.0 Å². The summed E-state index contributed by atoms with van der Waals surface area (Å²) in [6, 6.07) is 9.86. The second-order valence-electron chi connectivity index (χ2n) is 9.16. The second kappa shape index (κ2) is 9.70. The first-order valence-electron chi connectivity index (χ1n) is 11.4. The van der Waals surface area contributed by atoms with Gasteiger partial charge in [-0.1, -0.05) is 28.9 Å². The Morgan fingerprint density at radius 2 is 1.79 bits per heavy atom. The Labute approximate surface area is 207 Å². The first-order chi connectivity index (χ1) is 16.2. The number of benzene rings is 2. The van der Waals surface area contributed by atoms with Gasteiger partial charge in [-0.3, -0.25) is 19.3 Å². The van der Waals surface area contributed by atoms with E-state index in [-0.39, 0.29) is 29.2 Å². The van der Waals surface area contributed by atoms with Crippen LogP contribution >= 0.6 is 15.9 Å². The monoisotopic (exact) mass is 526 g/mol. The summed E-state index contributed by atoms with van der Waals surface area (Å²) in [4.78, 5) is 52.0. The summed E-state index contributed by atoms with van der Waals surface area (Å²) in [6.45, 7) is 5.47. The fraction of sp³-hybridized carbons (Fsp3) is 0.385. The van der Waals surface area contributed by atoms with Crippen molar-refractivity contribution in [2.75, 3.05) is 16.8 Å². The largest absolute Gasteiger partial charge is 0.452 e. The minimum absolute atomic E-state index is 0.171. The van der Waals surface area contributed by atoms with Gasteiger partial charge in [0.15, 0.2) is 6.61 Å². The van der Waals surface area contributed by atoms with Crippen molar-refractivity contribution < 1.29 is 23.9 Å². The van der Waals surface area contributed by atoms with Gasteiger partial charge in [0.2, 0.25) is 11.8 Å². The normalized spacial score (nSPS) is 21.9. The molecule has 0 bridgehead atoms. The first kappa shape index (κ1) is 24.1. The molecule has 8 heteroatoms. The molecule has 0 spiro atoms. The maximum atomic E-state index is 13.0. The van der Waals surface area contributed by atoms with Gasteiger partial charge >= 0.3 is 5.97 Å². The lowest BCUT2D eigenvalue weighted by Gasteiger charge is -2.25. The molecule has 1 saturated carbocycles. The summed E-state index contributed by atoms with van der Waals surface area (Å²) >= 11 is 3.45. The molecule has 2 fully saturated rings. The second-order valence-corrected chi connectivity index (χ2v) is 10.0. The molecule has 7 nitrogen and oxygen atoms in total. The van der Waals surface area contributed by atoms with Crippen molar-refractivity contribution in [3.8, 4) is 0 Å².